The maximum Gasteiger partial charge on any atom is 0.673 e. The first-order valence-electron chi connectivity index (χ1n) is 25.3. The summed E-state index contributed by atoms with van der Waals surface area (Å²) >= 11 is 0. The van der Waals surface area contributed by atoms with Gasteiger partial charge in [-0.3, -0.25) is 0 Å². The Morgan fingerprint density at radius 3 is 0.574 bits per heavy atom. The molecule has 0 aromatic carbocycles. The zero-order valence-corrected chi connectivity index (χ0v) is 41.3. The van der Waals surface area contributed by atoms with E-state index in [1.165, 1.54) is 267 Å². The van der Waals surface area contributed by atoms with Gasteiger partial charge in [0.2, 0.25) is 0 Å². The van der Waals surface area contributed by atoms with Crippen molar-refractivity contribution in [2.75, 3.05) is 0 Å². The van der Waals surface area contributed by atoms with Crippen molar-refractivity contribution in [1.29, 1.82) is 0 Å². The molecule has 0 radical (unpaired) electrons. The van der Waals surface area contributed by atoms with E-state index in [0.717, 1.165) is 0 Å². The molecule has 0 atom stereocenters. The average Bonchev–Trinajstić information content (AvgIpc) is 3.16. The van der Waals surface area contributed by atoms with Crippen LogP contribution in [0.25, 0.3) is 0 Å². The fourth-order valence-corrected chi connectivity index (χ4v) is 20.8. The van der Waals surface area contributed by atoms with Crippen LogP contribution in [0.3, 0.4) is 0 Å². The molecule has 6 heteroatoms. The van der Waals surface area contributed by atoms with Crippen LogP contribution in [-0.4, -0.2) is 16.6 Å². The molecule has 0 saturated carbocycles. The Hall–Kier alpha value is 0.454. The number of hydrogen-bond donors (Lipinski definition) is 0. The van der Waals surface area contributed by atoms with Crippen LogP contribution in [0, 0.1) is 0 Å². The van der Waals surface area contributed by atoms with Crippen LogP contribution in [0.1, 0.15) is 273 Å². The van der Waals surface area contributed by atoms with Gasteiger partial charge in [-0.25, -0.2) is 0 Å². The molecule has 0 aliphatic heterocycles. The van der Waals surface area contributed by atoms with Crippen molar-refractivity contribution in [2.24, 2.45) is 0 Å². The lowest BCUT2D eigenvalue weighted by atomic mass is 10.1. The fourth-order valence-electron chi connectivity index (χ4n) is 8.72. The zero-order valence-electron chi connectivity index (χ0n) is 38.4. The third kappa shape index (κ3) is 33.4. The Bertz CT molecular complexity index is 625. The number of unbranched alkanes of at least 4 members (excludes halogenated alkanes) is 30. The van der Waals surface area contributed by atoms with Crippen LogP contribution in [-0.2, 0) is 13.0 Å². The van der Waals surface area contributed by atoms with E-state index in [2.05, 4.69) is 41.5 Å². The Balaban J connectivity index is 6.21. The Kier molecular flexibility index (Phi) is 42.0. The average molecular weight is 814 g/mol. The van der Waals surface area contributed by atoms with E-state index in [1.54, 1.807) is 0 Å². The summed E-state index contributed by atoms with van der Waals surface area (Å²) in [6, 6.07) is 7.22. The Labute approximate surface area is 345 Å². The summed E-state index contributed by atoms with van der Waals surface area (Å²) < 4.78 is 29.1. The van der Waals surface area contributed by atoms with E-state index < -0.39 is 24.9 Å². The van der Waals surface area contributed by atoms with E-state index in [1.807, 2.05) is 0 Å². The first kappa shape index (κ1) is 54.5. The summed E-state index contributed by atoms with van der Waals surface area (Å²) in [6.45, 7) is 13.9. The maximum absolute atomic E-state index is 14.7. The molecule has 0 spiro atoms. The summed E-state index contributed by atoms with van der Waals surface area (Å²) in [5, 5.41) is 0. The molecule has 0 saturated heterocycles. The molecule has 0 fully saturated rings. The lowest BCUT2D eigenvalue weighted by Gasteiger charge is -2.28. The van der Waals surface area contributed by atoms with Crippen LogP contribution >= 0.6 is 8.25 Å². The molecule has 0 unspecified atom stereocenters. The summed E-state index contributed by atoms with van der Waals surface area (Å²) in [5.41, 5.74) is 0. The first-order chi connectivity index (χ1) is 26.5. The van der Waals surface area contributed by atoms with Gasteiger partial charge in [-0.1, -0.05) is 273 Å². The van der Waals surface area contributed by atoms with Crippen molar-refractivity contribution >= 4 is 24.9 Å². The van der Waals surface area contributed by atoms with Gasteiger partial charge in [0.1, 0.15) is 0 Å². The predicted octanol–water partition coefficient (Wildman–Crippen LogP) is 19.7. The molecule has 0 heterocycles. The highest BCUT2D eigenvalue weighted by atomic mass is 31.1. The van der Waals surface area contributed by atoms with Gasteiger partial charge >= 0.3 is 8.25 Å². The summed E-state index contributed by atoms with van der Waals surface area (Å²) in [5.74, 6) is 0. The van der Waals surface area contributed by atoms with Gasteiger partial charge in [0, 0.05) is 4.57 Å². The standard InChI is InChI=1S/C48H102O3PSi2/c1-7-13-19-25-31-37-43-53(44-38-32-26-20-14-8-2,45-39-33-27-21-15-9-3)50-52(49)51-54(46-40-34-28-22-16-10-4,47-41-35-29-23-17-11-5)48-42-36-30-24-18-12-6/h7-48H2,1-6H3/q+1. The molecule has 0 aromatic heterocycles. The van der Waals surface area contributed by atoms with Gasteiger partial charge in [0.25, 0.3) is 16.6 Å². The van der Waals surface area contributed by atoms with Crippen molar-refractivity contribution in [3.8, 4) is 0 Å². The normalized spacial score (nSPS) is 12.3. The molecule has 0 aliphatic rings. The highest BCUT2D eigenvalue weighted by molar-refractivity contribution is 7.38. The van der Waals surface area contributed by atoms with Gasteiger partial charge in [-0.15, -0.1) is 0 Å². The van der Waals surface area contributed by atoms with E-state index in [9.17, 15) is 4.57 Å². The SMILES string of the molecule is CCCCCCCC[Si](CCCCCCCC)(CCCCCCCC)O[P+](=O)O[Si](CCCCCCCC)(CCCCCCCC)CCCCCCCC. The van der Waals surface area contributed by atoms with Gasteiger partial charge < -0.3 is 0 Å². The smallest absolute Gasteiger partial charge is 0.176 e. The largest absolute Gasteiger partial charge is 0.673 e. The molecular formula is C48H102O3PSi2+. The van der Waals surface area contributed by atoms with Crippen LogP contribution in [0.15, 0.2) is 0 Å². The molecular weight excluding hydrogens is 712 g/mol. The minimum Gasteiger partial charge on any atom is -0.176 e. The second-order valence-electron chi connectivity index (χ2n) is 17.9. The van der Waals surface area contributed by atoms with Crippen molar-refractivity contribution < 1.29 is 13.0 Å². The highest BCUT2D eigenvalue weighted by Crippen LogP contribution is 2.45. The third-order valence-electron chi connectivity index (χ3n) is 12.5. The van der Waals surface area contributed by atoms with Crippen molar-refractivity contribution in [3.63, 3.8) is 0 Å². The second-order valence-corrected chi connectivity index (χ2v) is 27.5. The monoisotopic (exact) mass is 814 g/mol. The quantitative estimate of drug-likeness (QED) is 0.0349. The van der Waals surface area contributed by atoms with E-state index in [-0.39, 0.29) is 0 Å². The molecule has 324 valence electrons. The minimum atomic E-state index is -2.21. The zero-order chi connectivity index (χ0) is 39.7. The van der Waals surface area contributed by atoms with E-state index >= 15 is 0 Å². The van der Waals surface area contributed by atoms with Crippen molar-refractivity contribution in [1.82, 2.24) is 0 Å². The van der Waals surface area contributed by atoms with Crippen LogP contribution in [0.2, 0.25) is 36.3 Å². The highest BCUT2D eigenvalue weighted by Gasteiger charge is 2.49. The topological polar surface area (TPSA) is 35.5 Å². The molecule has 0 rings (SSSR count). The van der Waals surface area contributed by atoms with Gasteiger partial charge in [0.15, 0.2) is 0 Å². The van der Waals surface area contributed by atoms with Gasteiger partial charge in [-0.2, -0.15) is 8.43 Å². The molecule has 0 aromatic rings. The molecule has 3 nitrogen and oxygen atoms in total. The molecule has 0 aliphatic carbocycles. The summed E-state index contributed by atoms with van der Waals surface area (Å²) in [4.78, 5) is 0. The molecule has 54 heavy (non-hydrogen) atoms. The third-order valence-corrected chi connectivity index (χ3v) is 24.3. The maximum atomic E-state index is 14.7. The van der Waals surface area contributed by atoms with E-state index in [0.29, 0.717) is 0 Å². The van der Waals surface area contributed by atoms with Crippen LogP contribution in [0.4, 0.5) is 0 Å². The van der Waals surface area contributed by atoms with E-state index in [4.69, 9.17) is 8.43 Å². The second kappa shape index (κ2) is 41.6. The molecule has 0 bridgehead atoms. The lowest BCUT2D eigenvalue weighted by Crippen LogP contribution is -2.39. The minimum absolute atomic E-state index is 1.20. The first-order valence-corrected chi connectivity index (χ1v) is 31.5. The molecule has 0 N–H and O–H groups in total. The van der Waals surface area contributed by atoms with Crippen LogP contribution < -0.4 is 0 Å². The predicted molar refractivity (Wildman–Crippen MR) is 250 cm³/mol. The molecule has 0 amide bonds. The number of hydrogen-bond acceptors (Lipinski definition) is 3. The summed E-state index contributed by atoms with van der Waals surface area (Å²) in [6.07, 6.45) is 47.7. The van der Waals surface area contributed by atoms with Crippen LogP contribution in [0.5, 0.6) is 0 Å². The Morgan fingerprint density at radius 1 is 0.259 bits per heavy atom. The van der Waals surface area contributed by atoms with Crippen molar-refractivity contribution in [3.05, 3.63) is 0 Å². The summed E-state index contributed by atoms with van der Waals surface area (Å²) in [7, 11) is -6.48. The number of rotatable bonds is 46. The van der Waals surface area contributed by atoms with Crippen molar-refractivity contribution in [2.45, 2.75) is 309 Å². The fraction of sp³-hybridized carbons (Fsp3) is 1.00. The lowest BCUT2D eigenvalue weighted by molar-refractivity contribution is 0.389. The Morgan fingerprint density at radius 2 is 0.407 bits per heavy atom. The van der Waals surface area contributed by atoms with Gasteiger partial charge in [-0.05, 0) is 36.3 Å². The van der Waals surface area contributed by atoms with Gasteiger partial charge in [0.05, 0.1) is 0 Å².